The largest absolute Gasteiger partial charge is 0.337 e. The molecule has 1 aromatic carbocycles. The van der Waals surface area contributed by atoms with Gasteiger partial charge < -0.3 is 10.6 Å². The third-order valence-corrected chi connectivity index (χ3v) is 4.33. The zero-order valence-corrected chi connectivity index (χ0v) is 14.8. The van der Waals surface area contributed by atoms with Crippen molar-refractivity contribution in [3.63, 3.8) is 0 Å². The number of hydrogen-bond donors (Lipinski definition) is 2. The lowest BCUT2D eigenvalue weighted by atomic mass is 10.2. The van der Waals surface area contributed by atoms with Crippen LogP contribution in [-0.2, 0) is 17.9 Å². The van der Waals surface area contributed by atoms with Crippen LogP contribution < -0.4 is 10.6 Å². The fraction of sp³-hybridized carbons (Fsp3) is 0.278. The molecule has 0 spiro atoms. The second-order valence-corrected chi connectivity index (χ2v) is 6.45. The molecule has 9 nitrogen and oxygen atoms in total. The Kier molecular flexibility index (Phi) is 4.41. The summed E-state index contributed by atoms with van der Waals surface area (Å²) < 4.78 is 3.32. The Hall–Kier alpha value is -3.49. The minimum Gasteiger partial charge on any atom is -0.337 e. The molecule has 27 heavy (non-hydrogen) atoms. The van der Waals surface area contributed by atoms with Crippen LogP contribution in [0.3, 0.4) is 0 Å². The van der Waals surface area contributed by atoms with Gasteiger partial charge in [-0.25, -0.2) is 14.3 Å². The summed E-state index contributed by atoms with van der Waals surface area (Å²) in [5.41, 5.74) is 1.89. The molecule has 0 saturated heterocycles. The molecular formula is C18H19N7O2. The summed E-state index contributed by atoms with van der Waals surface area (Å²) in [7, 11) is 0. The molecule has 2 N–H and O–H groups in total. The van der Waals surface area contributed by atoms with Gasteiger partial charge >= 0.3 is 0 Å². The quantitative estimate of drug-likeness (QED) is 0.717. The van der Waals surface area contributed by atoms with E-state index in [2.05, 4.69) is 25.8 Å². The smallest absolute Gasteiger partial charge is 0.291 e. The zero-order chi connectivity index (χ0) is 18.8. The molecule has 1 aliphatic heterocycles. The first-order valence-corrected chi connectivity index (χ1v) is 8.68. The van der Waals surface area contributed by atoms with E-state index in [1.807, 2.05) is 37.3 Å². The van der Waals surface area contributed by atoms with Gasteiger partial charge in [0.15, 0.2) is 0 Å². The number of carbonyl (C=O) groups is 2. The van der Waals surface area contributed by atoms with Crippen LogP contribution in [0.5, 0.6) is 0 Å². The van der Waals surface area contributed by atoms with E-state index in [1.54, 1.807) is 15.4 Å². The van der Waals surface area contributed by atoms with E-state index in [0.29, 0.717) is 25.3 Å². The Balaban J connectivity index is 1.40. The average Bonchev–Trinajstić information content (AvgIpc) is 3.22. The summed E-state index contributed by atoms with van der Waals surface area (Å²) in [4.78, 5) is 28.9. The summed E-state index contributed by atoms with van der Waals surface area (Å²) in [5.74, 6) is -0.0699. The molecule has 1 aliphatic rings. The number of aromatic nitrogens is 5. The molecule has 0 unspecified atom stereocenters. The highest BCUT2D eigenvalue weighted by molar-refractivity contribution is 5.99. The Morgan fingerprint density at radius 2 is 2.11 bits per heavy atom. The van der Waals surface area contributed by atoms with Crippen LogP contribution in [0.1, 0.15) is 28.3 Å². The van der Waals surface area contributed by atoms with Crippen molar-refractivity contribution in [1.82, 2.24) is 29.9 Å². The lowest BCUT2D eigenvalue weighted by Gasteiger charge is -2.13. The maximum atomic E-state index is 12.4. The fourth-order valence-electron chi connectivity index (χ4n) is 3.02. The van der Waals surface area contributed by atoms with Gasteiger partial charge in [-0.1, -0.05) is 30.3 Å². The van der Waals surface area contributed by atoms with E-state index in [9.17, 15) is 9.59 Å². The summed E-state index contributed by atoms with van der Waals surface area (Å²) in [6.45, 7) is 2.92. The first-order chi connectivity index (χ1) is 13.1. The first-order valence-electron chi connectivity index (χ1n) is 8.68. The Morgan fingerprint density at radius 3 is 2.93 bits per heavy atom. The van der Waals surface area contributed by atoms with Crippen molar-refractivity contribution in [3.05, 3.63) is 59.8 Å². The number of fused-ring (bicyclic) bond motifs is 1. The van der Waals surface area contributed by atoms with Gasteiger partial charge in [-0.3, -0.25) is 9.59 Å². The fourth-order valence-corrected chi connectivity index (χ4v) is 3.02. The Bertz CT molecular complexity index is 977. The summed E-state index contributed by atoms with van der Waals surface area (Å²) >= 11 is 0. The molecule has 2 aromatic heterocycles. The minimum atomic E-state index is -0.666. The highest BCUT2D eigenvalue weighted by Crippen LogP contribution is 2.16. The third kappa shape index (κ3) is 3.71. The molecule has 0 saturated carbocycles. The molecule has 0 aliphatic carbocycles. The van der Waals surface area contributed by atoms with Gasteiger partial charge in [-0.2, -0.15) is 5.10 Å². The standard InChI is InChI=1S/C18H19N7O2/c1-12-9-15-21-17(26)14(7-8-25(15)22-12)20-18(27)16-19-11-24(23-16)10-13-5-3-2-4-6-13/h2-6,9,11,14H,7-8,10H2,1H3,(H,20,27)(H,21,26)/t14-/m0/s1. The number of nitrogens with zero attached hydrogens (tertiary/aromatic N) is 5. The van der Waals surface area contributed by atoms with Crippen molar-refractivity contribution >= 4 is 17.6 Å². The van der Waals surface area contributed by atoms with Gasteiger partial charge in [-0.05, 0) is 18.9 Å². The van der Waals surface area contributed by atoms with Crippen LogP contribution in [0, 0.1) is 6.92 Å². The second kappa shape index (κ2) is 7.02. The van der Waals surface area contributed by atoms with E-state index < -0.39 is 11.9 Å². The number of nitrogens with one attached hydrogen (secondary N) is 2. The SMILES string of the molecule is Cc1cc2n(n1)CC[C@H](NC(=O)c1ncn(Cc3ccccc3)n1)C(=O)N2. The van der Waals surface area contributed by atoms with Gasteiger partial charge in [0.05, 0.1) is 12.2 Å². The molecule has 9 heteroatoms. The monoisotopic (exact) mass is 365 g/mol. The normalized spacial score (nSPS) is 16.3. The van der Waals surface area contributed by atoms with Gasteiger partial charge in [-0.15, -0.1) is 5.10 Å². The lowest BCUT2D eigenvalue weighted by molar-refractivity contribution is -0.118. The first kappa shape index (κ1) is 17.0. The van der Waals surface area contributed by atoms with E-state index in [1.165, 1.54) is 6.33 Å². The Labute approximate surface area is 155 Å². The number of anilines is 1. The number of aryl methyl sites for hydroxylation is 2. The topological polar surface area (TPSA) is 107 Å². The van der Waals surface area contributed by atoms with Crippen molar-refractivity contribution in [2.24, 2.45) is 0 Å². The molecule has 0 radical (unpaired) electrons. The highest BCUT2D eigenvalue weighted by Gasteiger charge is 2.27. The average molecular weight is 365 g/mol. The number of hydrogen-bond acceptors (Lipinski definition) is 5. The van der Waals surface area contributed by atoms with Crippen molar-refractivity contribution in [2.45, 2.75) is 32.5 Å². The van der Waals surface area contributed by atoms with Crippen LogP contribution >= 0.6 is 0 Å². The summed E-state index contributed by atoms with van der Waals surface area (Å²) in [6, 6.07) is 10.9. The van der Waals surface area contributed by atoms with Crippen molar-refractivity contribution < 1.29 is 9.59 Å². The molecular weight excluding hydrogens is 346 g/mol. The van der Waals surface area contributed by atoms with E-state index >= 15 is 0 Å². The third-order valence-electron chi connectivity index (χ3n) is 4.33. The van der Waals surface area contributed by atoms with Crippen molar-refractivity contribution in [3.8, 4) is 0 Å². The predicted octanol–water partition coefficient (Wildman–Crippen LogP) is 0.972. The van der Waals surface area contributed by atoms with Gasteiger partial charge in [0.2, 0.25) is 11.7 Å². The van der Waals surface area contributed by atoms with E-state index in [4.69, 9.17) is 0 Å². The highest BCUT2D eigenvalue weighted by atomic mass is 16.2. The molecule has 0 fully saturated rings. The molecule has 2 amide bonds. The predicted molar refractivity (Wildman–Crippen MR) is 97.0 cm³/mol. The molecule has 0 bridgehead atoms. The maximum absolute atomic E-state index is 12.4. The summed E-state index contributed by atoms with van der Waals surface area (Å²) in [5, 5.41) is 14.0. The van der Waals surface area contributed by atoms with Crippen LogP contribution in [0.25, 0.3) is 0 Å². The van der Waals surface area contributed by atoms with E-state index in [-0.39, 0.29) is 11.7 Å². The molecule has 1 atom stereocenters. The molecule has 138 valence electrons. The number of amides is 2. The van der Waals surface area contributed by atoms with E-state index in [0.717, 1.165) is 11.3 Å². The summed E-state index contributed by atoms with van der Waals surface area (Å²) in [6.07, 6.45) is 1.95. The molecule has 3 aromatic rings. The lowest BCUT2D eigenvalue weighted by Crippen LogP contribution is -2.43. The van der Waals surface area contributed by atoms with Gasteiger partial charge in [0, 0.05) is 12.6 Å². The minimum absolute atomic E-state index is 0.0385. The van der Waals surface area contributed by atoms with Crippen molar-refractivity contribution in [1.29, 1.82) is 0 Å². The maximum Gasteiger partial charge on any atom is 0.291 e. The van der Waals surface area contributed by atoms with Crippen LogP contribution in [0.2, 0.25) is 0 Å². The molecule has 4 rings (SSSR count). The Morgan fingerprint density at radius 1 is 1.30 bits per heavy atom. The molecule has 3 heterocycles. The zero-order valence-electron chi connectivity index (χ0n) is 14.8. The van der Waals surface area contributed by atoms with Crippen LogP contribution in [0.4, 0.5) is 5.82 Å². The van der Waals surface area contributed by atoms with Crippen molar-refractivity contribution in [2.75, 3.05) is 5.32 Å². The van der Waals surface area contributed by atoms with Gasteiger partial charge in [0.1, 0.15) is 18.2 Å². The second-order valence-electron chi connectivity index (χ2n) is 6.45. The van der Waals surface area contributed by atoms with Crippen LogP contribution in [-0.4, -0.2) is 42.4 Å². The van der Waals surface area contributed by atoms with Gasteiger partial charge in [0.25, 0.3) is 5.91 Å². The van der Waals surface area contributed by atoms with Crippen LogP contribution in [0.15, 0.2) is 42.7 Å². The number of benzene rings is 1. The number of rotatable bonds is 4. The number of carbonyl (C=O) groups excluding carboxylic acids is 2.